The molecule has 0 heterocycles. The summed E-state index contributed by atoms with van der Waals surface area (Å²) in [6, 6.07) is -0.510. The highest BCUT2D eigenvalue weighted by Crippen LogP contribution is 2.12. The van der Waals surface area contributed by atoms with E-state index in [1.165, 1.54) is 6.92 Å². The summed E-state index contributed by atoms with van der Waals surface area (Å²) in [5.74, 6) is 0.244. The third-order valence-electron chi connectivity index (χ3n) is 4.84. The molecule has 0 fully saturated rings. The Labute approximate surface area is 170 Å². The van der Waals surface area contributed by atoms with Gasteiger partial charge in [0, 0.05) is 19.8 Å². The number of ketones is 3. The van der Waals surface area contributed by atoms with Gasteiger partial charge in [-0.15, -0.1) is 0 Å². The van der Waals surface area contributed by atoms with Crippen molar-refractivity contribution in [3.63, 3.8) is 0 Å². The predicted octanol–water partition coefficient (Wildman–Crippen LogP) is 3.51. The van der Waals surface area contributed by atoms with Gasteiger partial charge in [-0.3, -0.25) is 14.4 Å². The van der Waals surface area contributed by atoms with Crippen molar-refractivity contribution in [2.45, 2.75) is 110 Å². The van der Waals surface area contributed by atoms with E-state index in [0.29, 0.717) is 19.3 Å². The first-order valence-electron chi connectivity index (χ1n) is 10.8. The molecule has 0 saturated heterocycles. The molecule has 6 heteroatoms. The second kappa shape index (κ2) is 16.4. The zero-order valence-corrected chi connectivity index (χ0v) is 18.3. The molecule has 2 N–H and O–H groups in total. The van der Waals surface area contributed by atoms with Gasteiger partial charge in [-0.25, -0.2) is 0 Å². The van der Waals surface area contributed by atoms with Crippen molar-refractivity contribution >= 4 is 23.3 Å². The minimum atomic E-state index is -0.425. The zero-order valence-electron chi connectivity index (χ0n) is 18.3. The molecule has 0 aliphatic carbocycles. The highest BCUT2D eigenvalue weighted by molar-refractivity contribution is 5.88. The number of amides is 1. The van der Waals surface area contributed by atoms with E-state index in [-0.39, 0.29) is 29.3 Å². The Balaban J connectivity index is 4.16. The number of hydrogen-bond donors (Lipinski definition) is 2. The Morgan fingerprint density at radius 2 is 1.32 bits per heavy atom. The number of nitrogens with one attached hydrogen (secondary N) is 2. The standard InChI is InChI=1S/C22H40N2O4/c1-5-16-23-20(18(3)26)13-9-7-11-15-22(28)21(24-19(4)27)14-10-6-8-12-17(2)25/h20-21,23H,5-16H2,1-4H3,(H,24,27). The first-order chi connectivity index (χ1) is 13.3. The molecule has 2 unspecified atom stereocenters. The maximum absolute atomic E-state index is 12.5. The Morgan fingerprint density at radius 1 is 0.750 bits per heavy atom. The summed E-state index contributed by atoms with van der Waals surface area (Å²) < 4.78 is 0. The molecule has 0 saturated carbocycles. The lowest BCUT2D eigenvalue weighted by Crippen LogP contribution is -2.39. The highest BCUT2D eigenvalue weighted by Gasteiger charge is 2.18. The predicted molar refractivity (Wildman–Crippen MR) is 112 cm³/mol. The van der Waals surface area contributed by atoms with Crippen molar-refractivity contribution in [3.05, 3.63) is 0 Å². The molecule has 0 aromatic carbocycles. The largest absolute Gasteiger partial charge is 0.347 e. The van der Waals surface area contributed by atoms with E-state index in [1.54, 1.807) is 13.8 Å². The molecule has 0 bridgehead atoms. The van der Waals surface area contributed by atoms with Gasteiger partial charge in [-0.2, -0.15) is 0 Å². The van der Waals surface area contributed by atoms with Gasteiger partial charge in [0.05, 0.1) is 12.1 Å². The molecule has 162 valence electrons. The van der Waals surface area contributed by atoms with Gasteiger partial charge >= 0.3 is 0 Å². The van der Waals surface area contributed by atoms with Crippen LogP contribution in [0, 0.1) is 0 Å². The summed E-state index contributed by atoms with van der Waals surface area (Å²) in [4.78, 5) is 46.4. The van der Waals surface area contributed by atoms with Crippen LogP contribution in [0.5, 0.6) is 0 Å². The normalized spacial score (nSPS) is 13.0. The van der Waals surface area contributed by atoms with Gasteiger partial charge in [-0.05, 0) is 52.5 Å². The number of carbonyl (C=O) groups is 4. The van der Waals surface area contributed by atoms with Crippen LogP contribution in [0.3, 0.4) is 0 Å². The van der Waals surface area contributed by atoms with Gasteiger partial charge in [0.25, 0.3) is 0 Å². The maximum atomic E-state index is 12.5. The fourth-order valence-corrected chi connectivity index (χ4v) is 3.22. The smallest absolute Gasteiger partial charge is 0.217 e. The number of carbonyl (C=O) groups excluding carboxylic acids is 4. The Bertz CT molecular complexity index is 491. The molecule has 0 spiro atoms. The van der Waals surface area contributed by atoms with Crippen LogP contribution in [-0.4, -0.2) is 41.9 Å². The molecule has 0 aliphatic heterocycles. The minimum absolute atomic E-state index is 0.0778. The summed E-state index contributed by atoms with van der Waals surface area (Å²) in [6.45, 7) is 7.55. The molecule has 6 nitrogen and oxygen atoms in total. The van der Waals surface area contributed by atoms with E-state index in [4.69, 9.17) is 0 Å². The highest BCUT2D eigenvalue weighted by atomic mass is 16.2. The van der Waals surface area contributed by atoms with Crippen LogP contribution >= 0.6 is 0 Å². The molecular weight excluding hydrogens is 356 g/mol. The summed E-state index contributed by atoms with van der Waals surface area (Å²) >= 11 is 0. The summed E-state index contributed by atoms with van der Waals surface area (Å²) in [5.41, 5.74) is 0. The van der Waals surface area contributed by atoms with Crippen LogP contribution in [-0.2, 0) is 19.2 Å². The molecule has 2 atom stereocenters. The monoisotopic (exact) mass is 396 g/mol. The Kier molecular flexibility index (Phi) is 15.5. The van der Waals surface area contributed by atoms with E-state index in [1.807, 2.05) is 0 Å². The lowest BCUT2D eigenvalue weighted by Gasteiger charge is -2.17. The van der Waals surface area contributed by atoms with Gasteiger partial charge in [0.2, 0.25) is 5.91 Å². The SMILES string of the molecule is CCCNC(CCCCCC(=O)C(CCCCCC(C)=O)NC(C)=O)C(C)=O. The number of unbranched alkanes of at least 4 members (excludes halogenated alkanes) is 4. The van der Waals surface area contributed by atoms with Crippen LogP contribution in [0.25, 0.3) is 0 Å². The van der Waals surface area contributed by atoms with Crippen LogP contribution < -0.4 is 10.6 Å². The van der Waals surface area contributed by atoms with Crippen molar-refractivity contribution in [1.29, 1.82) is 0 Å². The van der Waals surface area contributed by atoms with Crippen molar-refractivity contribution in [2.75, 3.05) is 6.54 Å². The van der Waals surface area contributed by atoms with Crippen LogP contribution in [0.1, 0.15) is 98.3 Å². The number of hydrogen-bond acceptors (Lipinski definition) is 5. The van der Waals surface area contributed by atoms with Gasteiger partial charge < -0.3 is 15.4 Å². The van der Waals surface area contributed by atoms with Crippen molar-refractivity contribution in [3.8, 4) is 0 Å². The van der Waals surface area contributed by atoms with E-state index in [0.717, 1.165) is 57.9 Å². The van der Waals surface area contributed by atoms with Crippen molar-refractivity contribution in [2.24, 2.45) is 0 Å². The van der Waals surface area contributed by atoms with Gasteiger partial charge in [0.1, 0.15) is 11.6 Å². The second-order valence-corrected chi connectivity index (χ2v) is 7.74. The molecule has 0 aromatic rings. The fourth-order valence-electron chi connectivity index (χ4n) is 3.22. The third-order valence-corrected chi connectivity index (χ3v) is 4.84. The van der Waals surface area contributed by atoms with E-state index < -0.39 is 6.04 Å². The van der Waals surface area contributed by atoms with Crippen LogP contribution in [0.4, 0.5) is 0 Å². The van der Waals surface area contributed by atoms with E-state index >= 15 is 0 Å². The molecule has 28 heavy (non-hydrogen) atoms. The second-order valence-electron chi connectivity index (χ2n) is 7.74. The molecular formula is C22H40N2O4. The summed E-state index contributed by atoms with van der Waals surface area (Å²) in [7, 11) is 0. The minimum Gasteiger partial charge on any atom is -0.347 e. The molecule has 1 amide bonds. The van der Waals surface area contributed by atoms with Crippen LogP contribution in [0.15, 0.2) is 0 Å². The topological polar surface area (TPSA) is 92.3 Å². The van der Waals surface area contributed by atoms with Crippen molar-refractivity contribution < 1.29 is 19.2 Å². The summed E-state index contributed by atoms with van der Waals surface area (Å²) in [6.07, 6.45) is 8.58. The molecule has 0 aromatic heterocycles. The Morgan fingerprint density at radius 3 is 1.82 bits per heavy atom. The van der Waals surface area contributed by atoms with Gasteiger partial charge in [0.15, 0.2) is 5.78 Å². The van der Waals surface area contributed by atoms with Gasteiger partial charge in [-0.1, -0.05) is 32.6 Å². The molecule has 0 aliphatic rings. The van der Waals surface area contributed by atoms with Crippen molar-refractivity contribution in [1.82, 2.24) is 10.6 Å². The first-order valence-corrected chi connectivity index (χ1v) is 10.8. The summed E-state index contributed by atoms with van der Waals surface area (Å²) in [5, 5.41) is 6.03. The quantitative estimate of drug-likeness (QED) is 0.346. The van der Waals surface area contributed by atoms with E-state index in [9.17, 15) is 19.2 Å². The third kappa shape index (κ3) is 14.5. The van der Waals surface area contributed by atoms with Crippen LogP contribution in [0.2, 0.25) is 0 Å². The molecule has 0 rings (SSSR count). The molecule has 0 radical (unpaired) electrons. The zero-order chi connectivity index (χ0) is 21.4. The average Bonchev–Trinajstić information content (AvgIpc) is 2.61. The lowest BCUT2D eigenvalue weighted by molar-refractivity contribution is -0.127. The Hall–Kier alpha value is -1.56. The fraction of sp³-hybridized carbons (Fsp3) is 0.818. The number of rotatable bonds is 18. The first kappa shape index (κ1) is 26.4. The van der Waals surface area contributed by atoms with E-state index in [2.05, 4.69) is 17.6 Å². The average molecular weight is 397 g/mol. The lowest BCUT2D eigenvalue weighted by atomic mass is 9.98. The number of Topliss-reactive ketones (excluding diaryl/α,β-unsaturated/α-hetero) is 3. The maximum Gasteiger partial charge on any atom is 0.217 e.